The van der Waals surface area contributed by atoms with Crippen LogP contribution in [0.15, 0.2) is 48.5 Å². The van der Waals surface area contributed by atoms with E-state index in [-0.39, 0.29) is 5.91 Å². The molecule has 0 bridgehead atoms. The van der Waals surface area contributed by atoms with E-state index in [9.17, 15) is 4.79 Å². The van der Waals surface area contributed by atoms with Gasteiger partial charge in [0.05, 0.1) is 6.61 Å². The molecule has 1 N–H and O–H groups in total. The predicted molar refractivity (Wildman–Crippen MR) is 87.9 cm³/mol. The summed E-state index contributed by atoms with van der Waals surface area (Å²) < 4.78 is 5.36. The second-order valence-electron chi connectivity index (χ2n) is 4.59. The summed E-state index contributed by atoms with van der Waals surface area (Å²) in [6.45, 7) is 3.07. The van der Waals surface area contributed by atoms with E-state index in [1.807, 2.05) is 37.3 Å². The van der Waals surface area contributed by atoms with Gasteiger partial charge in [-0.3, -0.25) is 4.79 Å². The van der Waals surface area contributed by atoms with Crippen LogP contribution in [0.3, 0.4) is 0 Å². The molecule has 0 aliphatic heterocycles. The third-order valence-electron chi connectivity index (χ3n) is 3.03. The first-order valence-electron chi connectivity index (χ1n) is 6.87. The zero-order chi connectivity index (χ0) is 15.1. The number of carbonyl (C=O) groups excluding carboxylic acids is 1. The average molecular weight is 348 g/mol. The lowest BCUT2D eigenvalue weighted by atomic mass is 10.1. The maximum absolute atomic E-state index is 12.1. The Morgan fingerprint density at radius 2 is 1.86 bits per heavy atom. The Labute approximate surface area is 133 Å². The van der Waals surface area contributed by atoms with Crippen molar-refractivity contribution in [2.24, 2.45) is 0 Å². The molecule has 0 saturated carbocycles. The standard InChI is InChI=1S/C17H18BrNO2/c1-2-21-16-8-6-15(7-9-16)17(20)19-12-14-5-3-4-13(10-14)11-18/h3-10H,2,11-12H2,1H3,(H,19,20). The van der Waals surface area contributed by atoms with Crippen LogP contribution >= 0.6 is 15.9 Å². The van der Waals surface area contributed by atoms with Gasteiger partial charge in [0.1, 0.15) is 5.75 Å². The van der Waals surface area contributed by atoms with Crippen LogP contribution in [0.5, 0.6) is 5.75 Å². The molecule has 0 unspecified atom stereocenters. The molecule has 0 heterocycles. The third-order valence-corrected chi connectivity index (χ3v) is 3.67. The van der Waals surface area contributed by atoms with Gasteiger partial charge in [-0.25, -0.2) is 0 Å². The highest BCUT2D eigenvalue weighted by Gasteiger charge is 2.05. The van der Waals surface area contributed by atoms with Gasteiger partial charge < -0.3 is 10.1 Å². The maximum Gasteiger partial charge on any atom is 0.251 e. The van der Waals surface area contributed by atoms with Crippen molar-refractivity contribution in [3.8, 4) is 5.75 Å². The Morgan fingerprint density at radius 3 is 2.52 bits per heavy atom. The minimum absolute atomic E-state index is 0.0812. The number of nitrogens with one attached hydrogen (secondary N) is 1. The van der Waals surface area contributed by atoms with E-state index in [0.29, 0.717) is 18.7 Å². The van der Waals surface area contributed by atoms with Gasteiger partial charge in [-0.2, -0.15) is 0 Å². The molecule has 2 aromatic carbocycles. The van der Waals surface area contributed by atoms with Crippen LogP contribution in [-0.2, 0) is 11.9 Å². The lowest BCUT2D eigenvalue weighted by molar-refractivity contribution is 0.0951. The predicted octanol–water partition coefficient (Wildman–Crippen LogP) is 3.91. The first kappa shape index (κ1) is 15.6. The van der Waals surface area contributed by atoms with E-state index in [2.05, 4.69) is 27.3 Å². The monoisotopic (exact) mass is 347 g/mol. The first-order valence-corrected chi connectivity index (χ1v) is 8.00. The second kappa shape index (κ2) is 7.84. The highest BCUT2D eigenvalue weighted by Crippen LogP contribution is 2.12. The van der Waals surface area contributed by atoms with Crippen molar-refractivity contribution in [2.75, 3.05) is 6.61 Å². The highest BCUT2D eigenvalue weighted by molar-refractivity contribution is 9.08. The normalized spacial score (nSPS) is 10.2. The van der Waals surface area contributed by atoms with Gasteiger partial charge in [0.25, 0.3) is 5.91 Å². The summed E-state index contributed by atoms with van der Waals surface area (Å²) in [6, 6.07) is 15.3. The fraction of sp³-hybridized carbons (Fsp3) is 0.235. The highest BCUT2D eigenvalue weighted by atomic mass is 79.9. The van der Waals surface area contributed by atoms with Crippen LogP contribution in [0.1, 0.15) is 28.4 Å². The van der Waals surface area contributed by atoms with Crippen LogP contribution in [-0.4, -0.2) is 12.5 Å². The van der Waals surface area contributed by atoms with E-state index in [1.54, 1.807) is 12.1 Å². The van der Waals surface area contributed by atoms with Crippen LogP contribution in [0.25, 0.3) is 0 Å². The lowest BCUT2D eigenvalue weighted by Crippen LogP contribution is -2.22. The smallest absolute Gasteiger partial charge is 0.251 e. The SMILES string of the molecule is CCOc1ccc(C(=O)NCc2cccc(CBr)c2)cc1. The molecular weight excluding hydrogens is 330 g/mol. The molecule has 0 aliphatic rings. The molecule has 0 atom stereocenters. The number of rotatable bonds is 6. The molecule has 0 aliphatic carbocycles. The Kier molecular flexibility index (Phi) is 5.81. The van der Waals surface area contributed by atoms with E-state index in [0.717, 1.165) is 16.6 Å². The molecule has 0 saturated heterocycles. The lowest BCUT2D eigenvalue weighted by Gasteiger charge is -2.08. The summed E-state index contributed by atoms with van der Waals surface area (Å²) in [6.07, 6.45) is 0. The van der Waals surface area contributed by atoms with Gasteiger partial charge in [-0.05, 0) is 42.3 Å². The van der Waals surface area contributed by atoms with Crippen molar-refractivity contribution in [2.45, 2.75) is 18.8 Å². The van der Waals surface area contributed by atoms with Gasteiger partial charge >= 0.3 is 0 Å². The summed E-state index contributed by atoms with van der Waals surface area (Å²) in [5.74, 6) is 0.696. The summed E-state index contributed by atoms with van der Waals surface area (Å²) in [4.78, 5) is 12.1. The van der Waals surface area contributed by atoms with Gasteiger partial charge in [0, 0.05) is 17.4 Å². The molecule has 2 aromatic rings. The molecular formula is C17H18BrNO2. The van der Waals surface area contributed by atoms with Crippen LogP contribution in [0.4, 0.5) is 0 Å². The summed E-state index contributed by atoms with van der Waals surface area (Å²) in [7, 11) is 0. The molecule has 0 radical (unpaired) electrons. The zero-order valence-electron chi connectivity index (χ0n) is 11.9. The molecule has 0 aromatic heterocycles. The van der Waals surface area contributed by atoms with Crippen molar-refractivity contribution in [1.82, 2.24) is 5.32 Å². The molecule has 0 spiro atoms. The molecule has 0 fully saturated rings. The molecule has 2 rings (SSSR count). The fourth-order valence-corrected chi connectivity index (χ4v) is 2.33. The summed E-state index contributed by atoms with van der Waals surface area (Å²) >= 11 is 3.43. The largest absolute Gasteiger partial charge is 0.494 e. The minimum Gasteiger partial charge on any atom is -0.494 e. The van der Waals surface area contributed by atoms with Gasteiger partial charge in [-0.15, -0.1) is 0 Å². The Balaban J connectivity index is 1.94. The number of amides is 1. The minimum atomic E-state index is -0.0812. The van der Waals surface area contributed by atoms with Gasteiger partial charge in [-0.1, -0.05) is 40.2 Å². The topological polar surface area (TPSA) is 38.3 Å². The van der Waals surface area contributed by atoms with Crippen molar-refractivity contribution in [1.29, 1.82) is 0 Å². The van der Waals surface area contributed by atoms with Crippen LogP contribution in [0.2, 0.25) is 0 Å². The van der Waals surface area contributed by atoms with E-state index in [1.165, 1.54) is 5.56 Å². The molecule has 1 amide bonds. The van der Waals surface area contributed by atoms with Gasteiger partial charge in [0.15, 0.2) is 0 Å². The Hall–Kier alpha value is -1.81. The molecule has 4 heteroatoms. The van der Waals surface area contributed by atoms with Crippen molar-refractivity contribution >= 4 is 21.8 Å². The maximum atomic E-state index is 12.1. The Bertz CT molecular complexity index is 596. The van der Waals surface area contributed by atoms with E-state index >= 15 is 0 Å². The number of hydrogen-bond donors (Lipinski definition) is 1. The summed E-state index contributed by atoms with van der Waals surface area (Å²) in [5, 5.41) is 3.74. The number of carbonyl (C=O) groups is 1. The van der Waals surface area contributed by atoms with Crippen LogP contribution in [0, 0.1) is 0 Å². The number of hydrogen-bond acceptors (Lipinski definition) is 2. The average Bonchev–Trinajstić information content (AvgIpc) is 2.54. The van der Waals surface area contributed by atoms with E-state index < -0.39 is 0 Å². The second-order valence-corrected chi connectivity index (χ2v) is 5.15. The fourth-order valence-electron chi connectivity index (χ4n) is 1.98. The quantitative estimate of drug-likeness (QED) is 0.804. The number of benzene rings is 2. The Morgan fingerprint density at radius 1 is 1.14 bits per heavy atom. The van der Waals surface area contributed by atoms with Gasteiger partial charge in [0.2, 0.25) is 0 Å². The third kappa shape index (κ3) is 4.60. The molecule has 21 heavy (non-hydrogen) atoms. The zero-order valence-corrected chi connectivity index (χ0v) is 13.5. The number of alkyl halides is 1. The number of ether oxygens (including phenoxy) is 1. The molecule has 3 nitrogen and oxygen atoms in total. The van der Waals surface area contributed by atoms with Crippen molar-refractivity contribution in [3.05, 3.63) is 65.2 Å². The molecule has 110 valence electrons. The van der Waals surface area contributed by atoms with Crippen molar-refractivity contribution in [3.63, 3.8) is 0 Å². The first-order chi connectivity index (χ1) is 10.2. The van der Waals surface area contributed by atoms with E-state index in [4.69, 9.17) is 4.74 Å². The van der Waals surface area contributed by atoms with Crippen molar-refractivity contribution < 1.29 is 9.53 Å². The number of halogens is 1. The summed E-state index contributed by atoms with van der Waals surface area (Å²) in [5.41, 5.74) is 2.92. The van der Waals surface area contributed by atoms with Crippen LogP contribution < -0.4 is 10.1 Å².